The molecule has 1 heterocycles. The van der Waals surface area contributed by atoms with Crippen LogP contribution in [0.3, 0.4) is 0 Å². The van der Waals surface area contributed by atoms with Crippen molar-refractivity contribution >= 4 is 10.0 Å². The molecule has 0 radical (unpaired) electrons. The summed E-state index contributed by atoms with van der Waals surface area (Å²) in [6.07, 6.45) is 5.21. The van der Waals surface area contributed by atoms with Crippen molar-refractivity contribution in [1.82, 2.24) is 14.9 Å². The van der Waals surface area contributed by atoms with Gasteiger partial charge in [0.2, 0.25) is 10.0 Å². The van der Waals surface area contributed by atoms with Gasteiger partial charge in [-0.1, -0.05) is 19.3 Å². The van der Waals surface area contributed by atoms with Gasteiger partial charge in [0.05, 0.1) is 18.0 Å². The minimum absolute atomic E-state index is 0.114. The third kappa shape index (κ3) is 2.40. The Bertz CT molecular complexity index is 564. The molecular formula is C11H16N4O2S. The van der Waals surface area contributed by atoms with E-state index in [0.29, 0.717) is 18.5 Å². The number of rotatable bonds is 3. The molecule has 98 valence electrons. The first-order valence-electron chi connectivity index (χ1n) is 5.94. The first-order valence-corrected chi connectivity index (χ1v) is 7.43. The largest absolute Gasteiger partial charge is 0.281 e. The van der Waals surface area contributed by atoms with E-state index in [4.69, 9.17) is 0 Å². The highest BCUT2D eigenvalue weighted by Crippen LogP contribution is 2.29. The second-order valence-corrected chi connectivity index (χ2v) is 6.37. The van der Waals surface area contributed by atoms with Gasteiger partial charge in [-0.15, -0.1) is 0 Å². The minimum atomic E-state index is -3.68. The number of nitrogens with zero attached hydrogens (tertiary/aromatic N) is 2. The number of nitriles is 1. The fourth-order valence-electron chi connectivity index (χ4n) is 2.31. The highest BCUT2D eigenvalue weighted by Gasteiger charge is 2.37. The molecule has 0 saturated heterocycles. The molecule has 0 bridgehead atoms. The molecule has 2 N–H and O–H groups in total. The summed E-state index contributed by atoms with van der Waals surface area (Å²) in [5.41, 5.74) is -0.479. The maximum Gasteiger partial charge on any atom is 0.245 e. The Labute approximate surface area is 106 Å². The lowest BCUT2D eigenvalue weighted by atomic mass is 9.84. The van der Waals surface area contributed by atoms with E-state index < -0.39 is 15.6 Å². The van der Waals surface area contributed by atoms with E-state index in [1.54, 1.807) is 6.92 Å². The molecule has 1 aliphatic rings. The first kappa shape index (κ1) is 13.1. The molecule has 18 heavy (non-hydrogen) atoms. The topological polar surface area (TPSA) is 98.6 Å². The van der Waals surface area contributed by atoms with Crippen molar-refractivity contribution in [2.24, 2.45) is 0 Å². The van der Waals surface area contributed by atoms with Gasteiger partial charge in [-0.25, -0.2) is 8.42 Å². The molecule has 2 rings (SSSR count). The van der Waals surface area contributed by atoms with Gasteiger partial charge in [0.25, 0.3) is 0 Å². The summed E-state index contributed by atoms with van der Waals surface area (Å²) >= 11 is 0. The number of nitrogens with one attached hydrogen (secondary N) is 2. The van der Waals surface area contributed by atoms with E-state index in [1.165, 1.54) is 6.20 Å². The maximum atomic E-state index is 12.2. The zero-order valence-electron chi connectivity index (χ0n) is 10.2. The number of hydrogen-bond donors (Lipinski definition) is 2. The monoisotopic (exact) mass is 268 g/mol. The van der Waals surface area contributed by atoms with E-state index >= 15 is 0 Å². The van der Waals surface area contributed by atoms with Crippen LogP contribution in [0, 0.1) is 18.3 Å². The molecule has 1 fully saturated rings. The van der Waals surface area contributed by atoms with Gasteiger partial charge in [-0.2, -0.15) is 15.1 Å². The molecule has 1 saturated carbocycles. The zero-order chi connectivity index (χ0) is 13.2. The van der Waals surface area contributed by atoms with Crippen LogP contribution in [0.1, 0.15) is 37.8 Å². The number of aromatic amines is 1. The van der Waals surface area contributed by atoms with E-state index in [2.05, 4.69) is 21.0 Å². The number of aryl methyl sites for hydroxylation is 1. The molecule has 1 aliphatic carbocycles. The van der Waals surface area contributed by atoms with Crippen molar-refractivity contribution in [3.63, 3.8) is 0 Å². The maximum absolute atomic E-state index is 12.2. The van der Waals surface area contributed by atoms with E-state index in [-0.39, 0.29) is 4.90 Å². The van der Waals surface area contributed by atoms with Crippen molar-refractivity contribution in [2.45, 2.75) is 49.5 Å². The third-order valence-electron chi connectivity index (χ3n) is 3.32. The Morgan fingerprint density at radius 2 is 2.11 bits per heavy atom. The summed E-state index contributed by atoms with van der Waals surface area (Å²) in [6.45, 7) is 1.64. The van der Waals surface area contributed by atoms with Crippen molar-refractivity contribution in [3.8, 4) is 6.07 Å². The number of sulfonamides is 1. The minimum Gasteiger partial charge on any atom is -0.281 e. The SMILES string of the molecule is Cc1[nH]ncc1S(=O)(=O)NC1(C#N)CCCCC1. The molecule has 7 heteroatoms. The van der Waals surface area contributed by atoms with Gasteiger partial charge in [0.1, 0.15) is 10.4 Å². The standard InChI is InChI=1S/C11H16N4O2S/c1-9-10(7-13-14-9)18(16,17)15-11(8-12)5-3-2-4-6-11/h7,15H,2-6H2,1H3,(H,13,14). The first-order chi connectivity index (χ1) is 8.49. The molecule has 0 spiro atoms. The highest BCUT2D eigenvalue weighted by atomic mass is 32.2. The zero-order valence-corrected chi connectivity index (χ0v) is 11.0. The predicted octanol–water partition coefficient (Wildman–Crippen LogP) is 1.22. The molecule has 1 aromatic heterocycles. The predicted molar refractivity (Wildman–Crippen MR) is 65.1 cm³/mol. The Kier molecular flexibility index (Phi) is 3.41. The van der Waals surface area contributed by atoms with Crippen LogP contribution in [0.4, 0.5) is 0 Å². The summed E-state index contributed by atoms with van der Waals surface area (Å²) < 4.78 is 27.0. The number of aromatic nitrogens is 2. The molecule has 0 amide bonds. The lowest BCUT2D eigenvalue weighted by molar-refractivity contribution is 0.338. The Hall–Kier alpha value is -1.39. The fourth-order valence-corrected chi connectivity index (χ4v) is 3.83. The third-order valence-corrected chi connectivity index (χ3v) is 4.97. The molecule has 0 atom stereocenters. The van der Waals surface area contributed by atoms with Crippen molar-refractivity contribution in [2.75, 3.05) is 0 Å². The fraction of sp³-hybridized carbons (Fsp3) is 0.636. The van der Waals surface area contributed by atoms with Crippen molar-refractivity contribution < 1.29 is 8.42 Å². The van der Waals surface area contributed by atoms with Gasteiger partial charge < -0.3 is 0 Å². The van der Waals surface area contributed by atoms with Crippen LogP contribution in [0.2, 0.25) is 0 Å². The van der Waals surface area contributed by atoms with Gasteiger partial charge in [0.15, 0.2) is 0 Å². The van der Waals surface area contributed by atoms with Gasteiger partial charge >= 0.3 is 0 Å². The second-order valence-electron chi connectivity index (χ2n) is 4.72. The van der Waals surface area contributed by atoms with Gasteiger partial charge in [-0.05, 0) is 19.8 Å². The van der Waals surface area contributed by atoms with Gasteiger partial charge in [-0.3, -0.25) is 5.10 Å². The highest BCUT2D eigenvalue weighted by molar-refractivity contribution is 7.89. The molecule has 0 aliphatic heterocycles. The number of hydrogen-bond acceptors (Lipinski definition) is 4. The van der Waals surface area contributed by atoms with Crippen LogP contribution in [-0.2, 0) is 10.0 Å². The smallest absolute Gasteiger partial charge is 0.245 e. The van der Waals surface area contributed by atoms with E-state index in [1.807, 2.05) is 0 Å². The Morgan fingerprint density at radius 3 is 2.61 bits per heavy atom. The molecule has 6 nitrogen and oxygen atoms in total. The molecule has 0 unspecified atom stereocenters. The summed E-state index contributed by atoms with van der Waals surface area (Å²) in [5, 5.41) is 15.6. The number of H-pyrrole nitrogens is 1. The van der Waals surface area contributed by atoms with Crippen LogP contribution < -0.4 is 4.72 Å². The summed E-state index contributed by atoms with van der Waals surface area (Å²) in [5.74, 6) is 0. The summed E-state index contributed by atoms with van der Waals surface area (Å²) in [7, 11) is -3.68. The molecule has 1 aromatic rings. The summed E-state index contributed by atoms with van der Waals surface area (Å²) in [4.78, 5) is 0.114. The van der Waals surface area contributed by atoms with Crippen molar-refractivity contribution in [1.29, 1.82) is 5.26 Å². The quantitative estimate of drug-likeness (QED) is 0.861. The lowest BCUT2D eigenvalue weighted by Crippen LogP contribution is -2.48. The van der Waals surface area contributed by atoms with Crippen LogP contribution in [0.15, 0.2) is 11.1 Å². The van der Waals surface area contributed by atoms with Crippen LogP contribution >= 0.6 is 0 Å². The lowest BCUT2D eigenvalue weighted by Gasteiger charge is -2.30. The van der Waals surface area contributed by atoms with E-state index in [9.17, 15) is 13.7 Å². The Morgan fingerprint density at radius 1 is 1.44 bits per heavy atom. The normalized spacial score (nSPS) is 19.3. The van der Waals surface area contributed by atoms with E-state index in [0.717, 1.165) is 19.3 Å². The Balaban J connectivity index is 2.28. The van der Waals surface area contributed by atoms with Crippen molar-refractivity contribution in [3.05, 3.63) is 11.9 Å². The van der Waals surface area contributed by atoms with Crippen LogP contribution in [-0.4, -0.2) is 24.2 Å². The summed E-state index contributed by atoms with van der Waals surface area (Å²) in [6, 6.07) is 2.13. The van der Waals surface area contributed by atoms with Crippen LogP contribution in [0.5, 0.6) is 0 Å². The average Bonchev–Trinajstić information content (AvgIpc) is 2.77. The second kappa shape index (κ2) is 4.71. The molecular weight excluding hydrogens is 252 g/mol. The van der Waals surface area contributed by atoms with Crippen LogP contribution in [0.25, 0.3) is 0 Å². The molecule has 0 aromatic carbocycles. The average molecular weight is 268 g/mol. The van der Waals surface area contributed by atoms with Gasteiger partial charge in [0, 0.05) is 0 Å².